The number of rotatable bonds is 4. The highest BCUT2D eigenvalue weighted by Crippen LogP contribution is 2.51. The SMILES string of the molecule is O=C(O)CC1(c2ccc(-n3ccnc3)c(F)c2)CC1. The van der Waals surface area contributed by atoms with Gasteiger partial charge in [0, 0.05) is 17.8 Å². The van der Waals surface area contributed by atoms with Gasteiger partial charge < -0.3 is 9.67 Å². The minimum atomic E-state index is -0.836. The van der Waals surface area contributed by atoms with Crippen molar-refractivity contribution in [2.45, 2.75) is 24.7 Å². The lowest BCUT2D eigenvalue weighted by molar-refractivity contribution is -0.137. The number of nitrogens with zero attached hydrogens (tertiary/aromatic N) is 2. The van der Waals surface area contributed by atoms with Gasteiger partial charge in [0.05, 0.1) is 18.4 Å². The zero-order valence-corrected chi connectivity index (χ0v) is 10.2. The number of hydrogen-bond acceptors (Lipinski definition) is 2. The summed E-state index contributed by atoms with van der Waals surface area (Å²) in [5, 5.41) is 8.92. The molecule has 3 rings (SSSR count). The van der Waals surface area contributed by atoms with E-state index in [0.29, 0.717) is 5.69 Å². The highest BCUT2D eigenvalue weighted by atomic mass is 19.1. The molecule has 1 aliphatic carbocycles. The summed E-state index contributed by atoms with van der Waals surface area (Å²) >= 11 is 0. The van der Waals surface area contributed by atoms with Crippen LogP contribution in [0.15, 0.2) is 36.9 Å². The van der Waals surface area contributed by atoms with Crippen molar-refractivity contribution in [3.8, 4) is 5.69 Å². The molecule has 1 N–H and O–H groups in total. The zero-order valence-electron chi connectivity index (χ0n) is 10.2. The van der Waals surface area contributed by atoms with Gasteiger partial charge in [-0.15, -0.1) is 0 Å². The van der Waals surface area contributed by atoms with Gasteiger partial charge in [0.25, 0.3) is 0 Å². The average Bonchev–Trinajstić information content (AvgIpc) is 2.93. The predicted molar refractivity (Wildman–Crippen MR) is 66.7 cm³/mol. The number of aliphatic carboxylic acids is 1. The van der Waals surface area contributed by atoms with Crippen LogP contribution in [0, 0.1) is 5.82 Å². The molecule has 5 heteroatoms. The van der Waals surface area contributed by atoms with E-state index in [9.17, 15) is 9.18 Å². The summed E-state index contributed by atoms with van der Waals surface area (Å²) in [7, 11) is 0. The normalized spacial score (nSPS) is 16.3. The lowest BCUT2D eigenvalue weighted by Gasteiger charge is -2.14. The molecule has 0 amide bonds. The maximum atomic E-state index is 14.1. The van der Waals surface area contributed by atoms with E-state index in [0.717, 1.165) is 18.4 Å². The minimum absolute atomic E-state index is 0.0663. The topological polar surface area (TPSA) is 55.1 Å². The molecule has 0 saturated heterocycles. The van der Waals surface area contributed by atoms with Crippen LogP contribution in [0.25, 0.3) is 5.69 Å². The van der Waals surface area contributed by atoms with Crippen LogP contribution in [0.1, 0.15) is 24.8 Å². The second-order valence-electron chi connectivity index (χ2n) is 4.99. The fraction of sp³-hybridized carbons (Fsp3) is 0.286. The van der Waals surface area contributed by atoms with Gasteiger partial charge in [-0.3, -0.25) is 4.79 Å². The van der Waals surface area contributed by atoms with Gasteiger partial charge in [-0.25, -0.2) is 9.37 Å². The van der Waals surface area contributed by atoms with Gasteiger partial charge in [0.1, 0.15) is 5.82 Å². The number of halogens is 1. The van der Waals surface area contributed by atoms with Crippen molar-refractivity contribution in [2.24, 2.45) is 0 Å². The molecule has 0 bridgehead atoms. The molecule has 1 saturated carbocycles. The molecule has 98 valence electrons. The Bertz CT molecular complexity index is 618. The minimum Gasteiger partial charge on any atom is -0.481 e. The predicted octanol–water partition coefficient (Wildman–Crippen LogP) is 2.52. The standard InChI is InChI=1S/C14H13FN2O2/c15-11-7-10(14(3-4-14)8-13(18)19)1-2-12(11)17-6-5-16-9-17/h1-2,5-7,9H,3-4,8H2,(H,18,19). The van der Waals surface area contributed by atoms with Gasteiger partial charge >= 0.3 is 5.97 Å². The molecule has 0 unspecified atom stereocenters. The number of imidazole rings is 1. The molecule has 1 aliphatic rings. The monoisotopic (exact) mass is 260 g/mol. The molecule has 4 nitrogen and oxygen atoms in total. The van der Waals surface area contributed by atoms with Crippen molar-refractivity contribution >= 4 is 5.97 Å². The van der Waals surface area contributed by atoms with Gasteiger partial charge in [-0.05, 0) is 30.5 Å². The van der Waals surface area contributed by atoms with E-state index in [4.69, 9.17) is 5.11 Å². The summed E-state index contributed by atoms with van der Waals surface area (Å²) in [6.07, 6.45) is 6.47. The number of carboxylic acid groups (broad SMARTS) is 1. The number of hydrogen-bond donors (Lipinski definition) is 1. The third-order valence-corrected chi connectivity index (χ3v) is 3.69. The maximum Gasteiger partial charge on any atom is 0.304 e. The Morgan fingerprint density at radius 1 is 1.47 bits per heavy atom. The largest absolute Gasteiger partial charge is 0.481 e. The van der Waals surface area contributed by atoms with E-state index in [-0.39, 0.29) is 17.7 Å². The van der Waals surface area contributed by atoms with Crippen molar-refractivity contribution in [1.82, 2.24) is 9.55 Å². The molecule has 0 radical (unpaired) electrons. The zero-order chi connectivity index (χ0) is 13.5. The molecule has 0 spiro atoms. The first-order chi connectivity index (χ1) is 9.11. The first-order valence-corrected chi connectivity index (χ1v) is 6.11. The highest BCUT2D eigenvalue weighted by Gasteiger charge is 2.46. The Morgan fingerprint density at radius 3 is 2.79 bits per heavy atom. The van der Waals surface area contributed by atoms with Crippen LogP contribution in [0.3, 0.4) is 0 Å². The van der Waals surface area contributed by atoms with Crippen molar-refractivity contribution in [2.75, 3.05) is 0 Å². The second-order valence-corrected chi connectivity index (χ2v) is 4.99. The van der Waals surface area contributed by atoms with Crippen molar-refractivity contribution in [3.63, 3.8) is 0 Å². The van der Waals surface area contributed by atoms with E-state index in [1.165, 1.54) is 12.4 Å². The van der Waals surface area contributed by atoms with Crippen molar-refractivity contribution in [3.05, 3.63) is 48.3 Å². The Balaban J connectivity index is 1.94. The van der Waals surface area contributed by atoms with E-state index in [2.05, 4.69) is 4.98 Å². The van der Waals surface area contributed by atoms with Crippen LogP contribution in [-0.4, -0.2) is 20.6 Å². The molecule has 2 aromatic rings. The lowest BCUT2D eigenvalue weighted by atomic mass is 9.92. The quantitative estimate of drug-likeness (QED) is 0.919. The number of carboxylic acids is 1. The van der Waals surface area contributed by atoms with E-state index in [1.54, 1.807) is 23.0 Å². The third-order valence-electron chi connectivity index (χ3n) is 3.69. The number of aromatic nitrogens is 2. The third kappa shape index (κ3) is 2.12. The molecule has 1 heterocycles. The highest BCUT2D eigenvalue weighted by molar-refractivity contribution is 5.70. The number of carbonyl (C=O) groups is 1. The smallest absolute Gasteiger partial charge is 0.304 e. The van der Waals surface area contributed by atoms with E-state index >= 15 is 0 Å². The summed E-state index contributed by atoms with van der Waals surface area (Å²) in [4.78, 5) is 14.7. The van der Waals surface area contributed by atoms with Crippen LogP contribution >= 0.6 is 0 Å². The van der Waals surface area contributed by atoms with E-state index in [1.807, 2.05) is 6.07 Å². The maximum absolute atomic E-state index is 14.1. The summed E-state index contributed by atoms with van der Waals surface area (Å²) < 4.78 is 15.7. The van der Waals surface area contributed by atoms with Gasteiger partial charge in [-0.1, -0.05) is 6.07 Å². The van der Waals surface area contributed by atoms with Crippen LogP contribution in [0.5, 0.6) is 0 Å². The van der Waals surface area contributed by atoms with Crippen LogP contribution in [-0.2, 0) is 10.2 Å². The van der Waals surface area contributed by atoms with Crippen molar-refractivity contribution in [1.29, 1.82) is 0 Å². The van der Waals surface area contributed by atoms with Crippen molar-refractivity contribution < 1.29 is 14.3 Å². The molecular formula is C14H13FN2O2. The van der Waals surface area contributed by atoms with Gasteiger partial charge in [-0.2, -0.15) is 0 Å². The summed E-state index contributed by atoms with van der Waals surface area (Å²) in [6.45, 7) is 0. The Labute approximate surface area is 109 Å². The van der Waals surface area contributed by atoms with Crippen LogP contribution in [0.2, 0.25) is 0 Å². The molecule has 0 aliphatic heterocycles. The molecule has 1 aromatic carbocycles. The average molecular weight is 260 g/mol. The molecule has 19 heavy (non-hydrogen) atoms. The molecular weight excluding hydrogens is 247 g/mol. The fourth-order valence-corrected chi connectivity index (χ4v) is 2.46. The first kappa shape index (κ1) is 11.9. The molecule has 1 aromatic heterocycles. The van der Waals surface area contributed by atoms with Crippen LogP contribution < -0.4 is 0 Å². The van der Waals surface area contributed by atoms with Gasteiger partial charge in [0.2, 0.25) is 0 Å². The summed E-state index contributed by atoms with van der Waals surface area (Å²) in [6, 6.07) is 4.94. The summed E-state index contributed by atoms with van der Waals surface area (Å²) in [5.74, 6) is -1.19. The molecule has 1 fully saturated rings. The molecule has 0 atom stereocenters. The van der Waals surface area contributed by atoms with Crippen LogP contribution in [0.4, 0.5) is 4.39 Å². The van der Waals surface area contributed by atoms with E-state index < -0.39 is 5.97 Å². The lowest BCUT2D eigenvalue weighted by Crippen LogP contribution is -2.13. The number of benzene rings is 1. The Morgan fingerprint density at radius 2 is 2.26 bits per heavy atom. The second kappa shape index (κ2) is 4.19. The summed E-state index contributed by atoms with van der Waals surface area (Å²) in [5.41, 5.74) is 0.837. The first-order valence-electron chi connectivity index (χ1n) is 6.11. The Hall–Kier alpha value is -2.17. The van der Waals surface area contributed by atoms with Gasteiger partial charge in [0.15, 0.2) is 0 Å². The fourth-order valence-electron chi connectivity index (χ4n) is 2.46. The Kier molecular flexibility index (Phi) is 2.62.